The first kappa shape index (κ1) is 11.0. The monoisotopic (exact) mass is 220 g/mol. The molecule has 1 aromatic carbocycles. The minimum absolute atomic E-state index is 0.272. The number of ether oxygens (including phenoxy) is 1. The standard InChI is InChI=1S/C12H16N2O2/c1-12(2,13-3)11-14-9-6-5-8(15-4)7-10(9)16-11/h5-7,13H,1-4H3. The summed E-state index contributed by atoms with van der Waals surface area (Å²) in [6, 6.07) is 5.62. The molecule has 1 aromatic heterocycles. The fourth-order valence-corrected chi connectivity index (χ4v) is 1.41. The summed E-state index contributed by atoms with van der Waals surface area (Å²) < 4.78 is 10.9. The van der Waals surface area contributed by atoms with Gasteiger partial charge in [-0.1, -0.05) is 0 Å². The van der Waals surface area contributed by atoms with Crippen LogP contribution in [-0.4, -0.2) is 19.1 Å². The van der Waals surface area contributed by atoms with Crippen LogP contribution in [0.1, 0.15) is 19.7 Å². The van der Waals surface area contributed by atoms with Crippen molar-refractivity contribution in [3.8, 4) is 5.75 Å². The maximum absolute atomic E-state index is 5.71. The van der Waals surface area contributed by atoms with Gasteiger partial charge in [0.25, 0.3) is 0 Å². The van der Waals surface area contributed by atoms with E-state index in [1.807, 2.05) is 39.1 Å². The maximum Gasteiger partial charge on any atom is 0.215 e. The highest BCUT2D eigenvalue weighted by Gasteiger charge is 2.24. The molecule has 0 amide bonds. The van der Waals surface area contributed by atoms with Crippen LogP contribution in [0.15, 0.2) is 22.6 Å². The lowest BCUT2D eigenvalue weighted by molar-refractivity contribution is 0.338. The molecule has 0 aliphatic heterocycles. The lowest BCUT2D eigenvalue weighted by Crippen LogP contribution is -2.33. The SMILES string of the molecule is CNC(C)(C)c1nc2ccc(OC)cc2o1. The number of methoxy groups -OCH3 is 1. The molecule has 16 heavy (non-hydrogen) atoms. The molecule has 0 aliphatic rings. The topological polar surface area (TPSA) is 47.3 Å². The third-order valence-corrected chi connectivity index (χ3v) is 2.76. The van der Waals surface area contributed by atoms with Gasteiger partial charge in [-0.05, 0) is 33.0 Å². The minimum atomic E-state index is -0.272. The quantitative estimate of drug-likeness (QED) is 0.862. The molecule has 1 N–H and O–H groups in total. The zero-order valence-electron chi connectivity index (χ0n) is 10.00. The van der Waals surface area contributed by atoms with E-state index in [0.717, 1.165) is 16.8 Å². The molecule has 0 fully saturated rings. The fraction of sp³-hybridized carbons (Fsp3) is 0.417. The lowest BCUT2D eigenvalue weighted by atomic mass is 10.1. The maximum atomic E-state index is 5.71. The van der Waals surface area contributed by atoms with E-state index < -0.39 is 0 Å². The summed E-state index contributed by atoms with van der Waals surface area (Å²) in [6.07, 6.45) is 0. The summed E-state index contributed by atoms with van der Waals surface area (Å²) in [6.45, 7) is 4.05. The highest BCUT2D eigenvalue weighted by atomic mass is 16.5. The number of fused-ring (bicyclic) bond motifs is 1. The molecule has 2 rings (SSSR count). The number of nitrogens with zero attached hydrogens (tertiary/aromatic N) is 1. The second-order valence-electron chi connectivity index (χ2n) is 4.23. The van der Waals surface area contributed by atoms with Gasteiger partial charge in [0.1, 0.15) is 11.3 Å². The second kappa shape index (κ2) is 3.79. The highest BCUT2D eigenvalue weighted by Crippen LogP contribution is 2.26. The molecule has 2 aromatic rings. The van der Waals surface area contributed by atoms with Crippen molar-refractivity contribution < 1.29 is 9.15 Å². The van der Waals surface area contributed by atoms with Gasteiger partial charge < -0.3 is 14.5 Å². The Labute approximate surface area is 94.6 Å². The molecule has 0 unspecified atom stereocenters. The third kappa shape index (κ3) is 1.76. The van der Waals surface area contributed by atoms with Crippen LogP contribution in [0.3, 0.4) is 0 Å². The molecule has 0 bridgehead atoms. The van der Waals surface area contributed by atoms with Gasteiger partial charge in [0.15, 0.2) is 5.58 Å². The first-order chi connectivity index (χ1) is 7.56. The van der Waals surface area contributed by atoms with E-state index in [0.29, 0.717) is 5.89 Å². The molecule has 0 saturated carbocycles. The van der Waals surface area contributed by atoms with Gasteiger partial charge in [0, 0.05) is 6.07 Å². The molecule has 4 heteroatoms. The lowest BCUT2D eigenvalue weighted by Gasteiger charge is -2.18. The van der Waals surface area contributed by atoms with E-state index in [9.17, 15) is 0 Å². The Bertz CT molecular complexity index is 503. The predicted octanol–water partition coefficient (Wildman–Crippen LogP) is 2.29. The van der Waals surface area contributed by atoms with Gasteiger partial charge >= 0.3 is 0 Å². The van der Waals surface area contributed by atoms with Gasteiger partial charge in [-0.3, -0.25) is 0 Å². The molecular weight excluding hydrogens is 204 g/mol. The van der Waals surface area contributed by atoms with Crippen molar-refractivity contribution in [2.24, 2.45) is 0 Å². The number of oxazole rings is 1. The Balaban J connectivity index is 2.52. The van der Waals surface area contributed by atoms with E-state index in [1.54, 1.807) is 7.11 Å². The van der Waals surface area contributed by atoms with Gasteiger partial charge in [-0.15, -0.1) is 0 Å². The van der Waals surface area contributed by atoms with Crippen molar-refractivity contribution in [1.82, 2.24) is 10.3 Å². The Morgan fingerprint density at radius 3 is 2.75 bits per heavy atom. The van der Waals surface area contributed by atoms with Crippen molar-refractivity contribution in [2.45, 2.75) is 19.4 Å². The number of nitrogens with one attached hydrogen (secondary N) is 1. The average molecular weight is 220 g/mol. The van der Waals surface area contributed by atoms with Crippen LogP contribution in [0.4, 0.5) is 0 Å². The van der Waals surface area contributed by atoms with E-state index in [2.05, 4.69) is 10.3 Å². The average Bonchev–Trinajstić information content (AvgIpc) is 2.72. The van der Waals surface area contributed by atoms with Gasteiger partial charge in [0.05, 0.1) is 12.6 Å². The third-order valence-electron chi connectivity index (χ3n) is 2.76. The van der Waals surface area contributed by atoms with Crippen LogP contribution in [-0.2, 0) is 5.54 Å². The van der Waals surface area contributed by atoms with Crippen LogP contribution in [0, 0.1) is 0 Å². The van der Waals surface area contributed by atoms with Crippen molar-refractivity contribution in [3.05, 3.63) is 24.1 Å². The van der Waals surface area contributed by atoms with Crippen LogP contribution in [0.2, 0.25) is 0 Å². The van der Waals surface area contributed by atoms with E-state index >= 15 is 0 Å². The second-order valence-corrected chi connectivity index (χ2v) is 4.23. The number of rotatable bonds is 3. The molecule has 0 aliphatic carbocycles. The van der Waals surface area contributed by atoms with Crippen molar-refractivity contribution in [3.63, 3.8) is 0 Å². The summed E-state index contributed by atoms with van der Waals surface area (Å²) in [5.74, 6) is 1.45. The first-order valence-electron chi connectivity index (χ1n) is 5.21. The first-order valence-corrected chi connectivity index (χ1v) is 5.21. The minimum Gasteiger partial charge on any atom is -0.497 e. The highest BCUT2D eigenvalue weighted by molar-refractivity contribution is 5.74. The van der Waals surface area contributed by atoms with E-state index in [1.165, 1.54) is 0 Å². The Morgan fingerprint density at radius 2 is 2.12 bits per heavy atom. The summed E-state index contributed by atoms with van der Waals surface area (Å²) in [5, 5.41) is 3.16. The summed E-state index contributed by atoms with van der Waals surface area (Å²) in [4.78, 5) is 4.45. The summed E-state index contributed by atoms with van der Waals surface area (Å²) in [5.41, 5.74) is 1.32. The zero-order chi connectivity index (χ0) is 11.8. The molecule has 0 atom stereocenters. The Morgan fingerprint density at radius 1 is 1.38 bits per heavy atom. The molecule has 86 valence electrons. The molecular formula is C12H16N2O2. The molecule has 0 saturated heterocycles. The normalized spacial score (nSPS) is 12.0. The predicted molar refractivity (Wildman–Crippen MR) is 62.6 cm³/mol. The van der Waals surface area contributed by atoms with Gasteiger partial charge in [0.2, 0.25) is 5.89 Å². The van der Waals surface area contributed by atoms with Crippen molar-refractivity contribution in [1.29, 1.82) is 0 Å². The largest absolute Gasteiger partial charge is 0.497 e. The number of benzene rings is 1. The molecule has 0 radical (unpaired) electrons. The summed E-state index contributed by atoms with van der Waals surface area (Å²) in [7, 11) is 3.52. The van der Waals surface area contributed by atoms with Crippen LogP contribution < -0.4 is 10.1 Å². The van der Waals surface area contributed by atoms with E-state index in [-0.39, 0.29) is 5.54 Å². The number of hydrogen-bond donors (Lipinski definition) is 1. The smallest absolute Gasteiger partial charge is 0.215 e. The summed E-state index contributed by atoms with van der Waals surface area (Å²) >= 11 is 0. The number of aromatic nitrogens is 1. The fourth-order valence-electron chi connectivity index (χ4n) is 1.41. The van der Waals surface area contributed by atoms with Crippen LogP contribution in [0.25, 0.3) is 11.1 Å². The number of hydrogen-bond acceptors (Lipinski definition) is 4. The van der Waals surface area contributed by atoms with Crippen LogP contribution in [0.5, 0.6) is 5.75 Å². The Kier molecular flexibility index (Phi) is 2.59. The Hall–Kier alpha value is -1.55. The van der Waals surface area contributed by atoms with Crippen molar-refractivity contribution in [2.75, 3.05) is 14.2 Å². The molecule has 4 nitrogen and oxygen atoms in total. The van der Waals surface area contributed by atoms with Gasteiger partial charge in [-0.2, -0.15) is 0 Å². The van der Waals surface area contributed by atoms with Crippen molar-refractivity contribution >= 4 is 11.1 Å². The van der Waals surface area contributed by atoms with E-state index in [4.69, 9.17) is 9.15 Å². The molecule has 1 heterocycles. The van der Waals surface area contributed by atoms with Crippen LogP contribution >= 0.6 is 0 Å². The zero-order valence-corrected chi connectivity index (χ0v) is 10.00. The van der Waals surface area contributed by atoms with Gasteiger partial charge in [-0.25, -0.2) is 4.98 Å². The molecule has 0 spiro atoms.